The van der Waals surface area contributed by atoms with Gasteiger partial charge in [0.05, 0.1) is 10.9 Å². The monoisotopic (exact) mass is 292 g/mol. The van der Waals surface area contributed by atoms with Crippen LogP contribution in [0, 0.1) is 5.92 Å². The predicted molar refractivity (Wildman–Crippen MR) is 70.3 cm³/mol. The number of halogens is 3. The SMILES string of the molecule is CC(CNC1CCC(C(F)(F)F)CC1)c1nccs1. The molecule has 1 aliphatic carbocycles. The lowest BCUT2D eigenvalue weighted by atomic mass is 9.85. The van der Waals surface area contributed by atoms with Crippen LogP contribution in [-0.4, -0.2) is 23.7 Å². The maximum atomic E-state index is 12.5. The Labute approximate surface area is 115 Å². The number of thiazole rings is 1. The van der Waals surface area contributed by atoms with Crippen molar-refractivity contribution in [2.45, 2.75) is 50.7 Å². The highest BCUT2D eigenvalue weighted by Gasteiger charge is 2.41. The van der Waals surface area contributed by atoms with Crippen LogP contribution in [0.4, 0.5) is 13.2 Å². The standard InChI is InChI=1S/C13H19F3N2S/c1-9(12-17-6-7-19-12)8-18-11-4-2-10(3-5-11)13(14,15)16/h6-7,9-11,18H,2-5,8H2,1H3. The molecule has 1 aromatic rings. The molecule has 6 heteroatoms. The van der Waals surface area contributed by atoms with Gasteiger partial charge in [0, 0.05) is 30.1 Å². The van der Waals surface area contributed by atoms with Crippen LogP contribution in [0.5, 0.6) is 0 Å². The van der Waals surface area contributed by atoms with Crippen molar-refractivity contribution in [3.05, 3.63) is 16.6 Å². The fraction of sp³-hybridized carbons (Fsp3) is 0.769. The van der Waals surface area contributed by atoms with Gasteiger partial charge < -0.3 is 5.32 Å². The van der Waals surface area contributed by atoms with Gasteiger partial charge in [0.1, 0.15) is 0 Å². The quantitative estimate of drug-likeness (QED) is 0.908. The Balaban J connectivity index is 1.71. The second-order valence-electron chi connectivity index (χ2n) is 5.27. The van der Waals surface area contributed by atoms with Gasteiger partial charge in [-0.15, -0.1) is 11.3 Å². The third-order valence-corrected chi connectivity index (χ3v) is 4.78. The Morgan fingerprint density at radius 2 is 2.05 bits per heavy atom. The molecular weight excluding hydrogens is 273 g/mol. The summed E-state index contributed by atoms with van der Waals surface area (Å²) in [6.45, 7) is 2.88. The molecule has 0 bridgehead atoms. The van der Waals surface area contributed by atoms with Crippen molar-refractivity contribution < 1.29 is 13.2 Å². The lowest BCUT2D eigenvalue weighted by Gasteiger charge is -2.30. The summed E-state index contributed by atoms with van der Waals surface area (Å²) in [5.41, 5.74) is 0. The van der Waals surface area contributed by atoms with E-state index in [-0.39, 0.29) is 18.9 Å². The van der Waals surface area contributed by atoms with E-state index in [0.29, 0.717) is 18.8 Å². The van der Waals surface area contributed by atoms with Crippen LogP contribution in [0.1, 0.15) is 43.5 Å². The Kier molecular flexibility index (Phi) is 4.84. The Bertz CT molecular complexity index is 370. The molecule has 0 spiro atoms. The smallest absolute Gasteiger partial charge is 0.313 e. The van der Waals surface area contributed by atoms with Crippen LogP contribution < -0.4 is 5.32 Å². The molecule has 1 unspecified atom stereocenters. The van der Waals surface area contributed by atoms with E-state index in [1.807, 2.05) is 5.38 Å². The zero-order valence-corrected chi connectivity index (χ0v) is 11.7. The highest BCUT2D eigenvalue weighted by atomic mass is 32.1. The maximum absolute atomic E-state index is 12.5. The Morgan fingerprint density at radius 1 is 1.37 bits per heavy atom. The molecule has 0 amide bonds. The van der Waals surface area contributed by atoms with Crippen molar-refractivity contribution in [3.63, 3.8) is 0 Å². The molecule has 1 heterocycles. The van der Waals surface area contributed by atoms with E-state index in [4.69, 9.17) is 0 Å². The second-order valence-corrected chi connectivity index (χ2v) is 6.20. The molecule has 2 nitrogen and oxygen atoms in total. The van der Waals surface area contributed by atoms with Crippen molar-refractivity contribution in [1.82, 2.24) is 10.3 Å². The summed E-state index contributed by atoms with van der Waals surface area (Å²) in [5, 5.41) is 6.41. The van der Waals surface area contributed by atoms with Crippen molar-refractivity contribution in [2.75, 3.05) is 6.54 Å². The predicted octanol–water partition coefficient (Wildman–Crippen LogP) is 3.96. The fourth-order valence-corrected chi connectivity index (χ4v) is 3.23. The third-order valence-electron chi connectivity index (χ3n) is 3.78. The molecule has 1 fully saturated rings. The van der Waals surface area contributed by atoms with E-state index in [0.717, 1.165) is 11.6 Å². The lowest BCUT2D eigenvalue weighted by molar-refractivity contribution is -0.182. The number of nitrogens with one attached hydrogen (secondary N) is 1. The van der Waals surface area contributed by atoms with Crippen LogP contribution in [0.15, 0.2) is 11.6 Å². The molecule has 108 valence electrons. The van der Waals surface area contributed by atoms with Crippen LogP contribution in [0.2, 0.25) is 0 Å². The van der Waals surface area contributed by atoms with Gasteiger partial charge in [-0.3, -0.25) is 0 Å². The van der Waals surface area contributed by atoms with E-state index in [1.165, 1.54) is 0 Å². The number of nitrogens with zero attached hydrogens (tertiary/aromatic N) is 1. The largest absolute Gasteiger partial charge is 0.391 e. The first-order valence-electron chi connectivity index (χ1n) is 6.66. The van der Waals surface area contributed by atoms with E-state index in [1.54, 1.807) is 17.5 Å². The van der Waals surface area contributed by atoms with Gasteiger partial charge in [-0.1, -0.05) is 6.92 Å². The maximum Gasteiger partial charge on any atom is 0.391 e. The highest BCUT2D eigenvalue weighted by molar-refractivity contribution is 7.09. The molecule has 0 saturated heterocycles. The van der Waals surface area contributed by atoms with E-state index >= 15 is 0 Å². The van der Waals surface area contributed by atoms with Gasteiger partial charge in [-0.2, -0.15) is 13.2 Å². The Hall–Kier alpha value is -0.620. The van der Waals surface area contributed by atoms with Crippen LogP contribution >= 0.6 is 11.3 Å². The van der Waals surface area contributed by atoms with Crippen LogP contribution in [0.25, 0.3) is 0 Å². The summed E-state index contributed by atoms with van der Waals surface area (Å²) in [6.07, 6.45) is -0.479. The number of hydrogen-bond acceptors (Lipinski definition) is 3. The summed E-state index contributed by atoms with van der Waals surface area (Å²) >= 11 is 1.62. The van der Waals surface area contributed by atoms with Gasteiger partial charge in [0.15, 0.2) is 0 Å². The number of alkyl halides is 3. The summed E-state index contributed by atoms with van der Waals surface area (Å²) in [7, 11) is 0. The molecular formula is C13H19F3N2S. The summed E-state index contributed by atoms with van der Waals surface area (Å²) in [5.74, 6) is -0.776. The zero-order valence-electron chi connectivity index (χ0n) is 10.9. The molecule has 1 saturated carbocycles. The topological polar surface area (TPSA) is 24.9 Å². The van der Waals surface area contributed by atoms with Gasteiger partial charge in [0.2, 0.25) is 0 Å². The summed E-state index contributed by atoms with van der Waals surface area (Å²) in [4.78, 5) is 4.25. The van der Waals surface area contributed by atoms with Gasteiger partial charge in [0.25, 0.3) is 0 Å². The highest BCUT2D eigenvalue weighted by Crippen LogP contribution is 2.37. The number of aromatic nitrogens is 1. The fourth-order valence-electron chi connectivity index (χ4n) is 2.53. The van der Waals surface area contributed by atoms with Gasteiger partial charge in [-0.05, 0) is 25.7 Å². The molecule has 2 rings (SSSR count). The minimum atomic E-state index is -4.01. The third kappa shape index (κ3) is 4.18. The average molecular weight is 292 g/mol. The van der Waals surface area contributed by atoms with Crippen molar-refractivity contribution in [1.29, 1.82) is 0 Å². The van der Waals surface area contributed by atoms with Gasteiger partial charge >= 0.3 is 6.18 Å². The first-order valence-corrected chi connectivity index (χ1v) is 7.54. The zero-order chi connectivity index (χ0) is 13.9. The van der Waals surface area contributed by atoms with E-state index in [9.17, 15) is 13.2 Å². The molecule has 0 radical (unpaired) electrons. The Morgan fingerprint density at radius 3 is 2.58 bits per heavy atom. The number of rotatable bonds is 4. The average Bonchev–Trinajstić information content (AvgIpc) is 2.89. The molecule has 1 atom stereocenters. The van der Waals surface area contributed by atoms with Crippen LogP contribution in [0.3, 0.4) is 0 Å². The summed E-state index contributed by atoms with van der Waals surface area (Å²) < 4.78 is 37.6. The first kappa shape index (κ1) is 14.8. The lowest BCUT2D eigenvalue weighted by Crippen LogP contribution is -2.38. The van der Waals surface area contributed by atoms with Gasteiger partial charge in [-0.25, -0.2) is 4.98 Å². The van der Waals surface area contributed by atoms with Crippen molar-refractivity contribution in [3.8, 4) is 0 Å². The molecule has 1 N–H and O–H groups in total. The van der Waals surface area contributed by atoms with Crippen molar-refractivity contribution in [2.24, 2.45) is 5.92 Å². The summed E-state index contributed by atoms with van der Waals surface area (Å²) in [6, 6.07) is 0.223. The minimum absolute atomic E-state index is 0.223. The minimum Gasteiger partial charge on any atom is -0.313 e. The molecule has 19 heavy (non-hydrogen) atoms. The number of hydrogen-bond donors (Lipinski definition) is 1. The van der Waals surface area contributed by atoms with Crippen molar-refractivity contribution >= 4 is 11.3 Å². The van der Waals surface area contributed by atoms with Crippen LogP contribution in [-0.2, 0) is 0 Å². The first-order chi connectivity index (χ1) is 8.97. The molecule has 0 aliphatic heterocycles. The molecule has 1 aromatic heterocycles. The van der Waals surface area contributed by atoms with E-state index in [2.05, 4.69) is 17.2 Å². The molecule has 0 aromatic carbocycles. The van der Waals surface area contributed by atoms with E-state index < -0.39 is 12.1 Å². The normalized spacial score (nSPS) is 26.3. The second kappa shape index (κ2) is 6.22. The molecule has 1 aliphatic rings.